The van der Waals surface area contributed by atoms with Gasteiger partial charge in [0.2, 0.25) is 5.91 Å². The fourth-order valence-electron chi connectivity index (χ4n) is 0.734. The molecule has 1 aliphatic rings. The number of amides is 1. The zero-order valence-corrected chi connectivity index (χ0v) is 4.73. The van der Waals surface area contributed by atoms with Gasteiger partial charge < -0.3 is 5.73 Å². The highest BCUT2D eigenvalue weighted by Gasteiger charge is 2.56. The molecule has 52 valence electrons. The maximum atomic E-state index is 11.9. The number of hydrogen-bond acceptors (Lipinski definition) is 1. The van der Waals surface area contributed by atoms with Gasteiger partial charge in [0.15, 0.2) is 0 Å². The third kappa shape index (κ3) is 1.37. The summed E-state index contributed by atoms with van der Waals surface area (Å²) in [4.78, 5) is 10.0. The first-order valence-electron chi connectivity index (χ1n) is 2.68. The van der Waals surface area contributed by atoms with Gasteiger partial charge in [-0.05, 0) is 0 Å². The van der Waals surface area contributed by atoms with Crippen LogP contribution in [0.2, 0.25) is 0 Å². The number of halogens is 2. The third-order valence-electron chi connectivity index (χ3n) is 1.40. The minimum absolute atomic E-state index is 0.171. The standard InChI is InChI=1S/C5H7F2NO/c6-5(7)2-3(5)1-4(8)9/h3H,1-2H2,(H2,8,9). The van der Waals surface area contributed by atoms with E-state index in [0.717, 1.165) is 0 Å². The minimum atomic E-state index is -2.60. The lowest BCUT2D eigenvalue weighted by Crippen LogP contribution is -2.12. The average Bonchev–Trinajstić information content (AvgIpc) is 2.10. The van der Waals surface area contributed by atoms with Crippen molar-refractivity contribution in [2.75, 3.05) is 0 Å². The molecule has 9 heavy (non-hydrogen) atoms. The van der Waals surface area contributed by atoms with Crippen LogP contribution < -0.4 is 5.73 Å². The monoisotopic (exact) mass is 135 g/mol. The molecule has 0 saturated heterocycles. The molecule has 1 aliphatic carbocycles. The van der Waals surface area contributed by atoms with Gasteiger partial charge in [-0.1, -0.05) is 0 Å². The van der Waals surface area contributed by atoms with E-state index in [1.807, 2.05) is 0 Å². The van der Waals surface area contributed by atoms with Crippen LogP contribution in [0.3, 0.4) is 0 Å². The fraction of sp³-hybridized carbons (Fsp3) is 0.800. The number of carbonyl (C=O) groups excluding carboxylic acids is 1. The van der Waals surface area contributed by atoms with Crippen LogP contribution in [0, 0.1) is 5.92 Å². The van der Waals surface area contributed by atoms with E-state index in [0.29, 0.717) is 0 Å². The van der Waals surface area contributed by atoms with Crippen molar-refractivity contribution in [3.63, 3.8) is 0 Å². The van der Waals surface area contributed by atoms with Gasteiger partial charge >= 0.3 is 0 Å². The van der Waals surface area contributed by atoms with Crippen LogP contribution in [0.25, 0.3) is 0 Å². The smallest absolute Gasteiger partial charge is 0.252 e. The predicted molar refractivity (Wildman–Crippen MR) is 26.9 cm³/mol. The van der Waals surface area contributed by atoms with Crippen LogP contribution in [0.15, 0.2) is 0 Å². The van der Waals surface area contributed by atoms with Crippen LogP contribution in [-0.4, -0.2) is 11.8 Å². The van der Waals surface area contributed by atoms with Crippen LogP contribution in [0.5, 0.6) is 0 Å². The molecule has 1 saturated carbocycles. The number of alkyl halides is 2. The van der Waals surface area contributed by atoms with Crippen LogP contribution in [0.4, 0.5) is 8.78 Å². The van der Waals surface area contributed by atoms with E-state index < -0.39 is 17.7 Å². The summed E-state index contributed by atoms with van der Waals surface area (Å²) in [5.41, 5.74) is 4.68. The van der Waals surface area contributed by atoms with Crippen LogP contribution in [-0.2, 0) is 4.79 Å². The number of carbonyl (C=O) groups is 1. The molecule has 4 heteroatoms. The Morgan fingerprint density at radius 3 is 2.33 bits per heavy atom. The first kappa shape index (κ1) is 6.45. The maximum Gasteiger partial charge on any atom is 0.252 e. The summed E-state index contributed by atoms with van der Waals surface area (Å²) in [6.45, 7) is 0. The highest BCUT2D eigenvalue weighted by atomic mass is 19.3. The molecule has 1 fully saturated rings. The second-order valence-electron chi connectivity index (χ2n) is 2.33. The molecule has 0 heterocycles. The van der Waals surface area contributed by atoms with Crippen molar-refractivity contribution in [3.05, 3.63) is 0 Å². The largest absolute Gasteiger partial charge is 0.370 e. The summed E-state index contributed by atoms with van der Waals surface area (Å²) in [5.74, 6) is -4.01. The van der Waals surface area contributed by atoms with Gasteiger partial charge in [0.1, 0.15) is 0 Å². The molecular weight excluding hydrogens is 128 g/mol. The van der Waals surface area contributed by atoms with Gasteiger partial charge in [-0.2, -0.15) is 0 Å². The first-order chi connectivity index (χ1) is 4.02. The maximum absolute atomic E-state index is 11.9. The first-order valence-corrected chi connectivity index (χ1v) is 2.68. The predicted octanol–water partition coefficient (Wildman–Crippen LogP) is 0.517. The Balaban J connectivity index is 2.28. The molecule has 0 aliphatic heterocycles. The topological polar surface area (TPSA) is 43.1 Å². The SMILES string of the molecule is NC(=O)CC1CC1(F)F. The van der Waals surface area contributed by atoms with E-state index >= 15 is 0 Å². The molecule has 0 bridgehead atoms. The second kappa shape index (κ2) is 1.65. The summed E-state index contributed by atoms with van der Waals surface area (Å²) in [6, 6.07) is 0. The van der Waals surface area contributed by atoms with Gasteiger partial charge in [-0.3, -0.25) is 4.79 Å². The Morgan fingerprint density at radius 1 is 1.78 bits per heavy atom. The molecule has 0 radical (unpaired) electrons. The molecule has 0 aromatic carbocycles. The highest BCUT2D eigenvalue weighted by molar-refractivity contribution is 5.74. The van der Waals surface area contributed by atoms with Gasteiger partial charge in [-0.25, -0.2) is 8.78 Å². The van der Waals surface area contributed by atoms with E-state index in [2.05, 4.69) is 5.73 Å². The van der Waals surface area contributed by atoms with E-state index in [9.17, 15) is 13.6 Å². The molecule has 0 aromatic rings. The Hall–Kier alpha value is -0.670. The molecule has 0 spiro atoms. The second-order valence-corrected chi connectivity index (χ2v) is 2.33. The lowest BCUT2D eigenvalue weighted by atomic mass is 10.3. The van der Waals surface area contributed by atoms with E-state index in [1.165, 1.54) is 0 Å². The van der Waals surface area contributed by atoms with Crippen molar-refractivity contribution in [1.29, 1.82) is 0 Å². The minimum Gasteiger partial charge on any atom is -0.370 e. The van der Waals surface area contributed by atoms with Crippen LogP contribution in [0.1, 0.15) is 12.8 Å². The number of hydrogen-bond donors (Lipinski definition) is 1. The van der Waals surface area contributed by atoms with E-state index in [4.69, 9.17) is 0 Å². The molecule has 2 nitrogen and oxygen atoms in total. The average molecular weight is 135 g/mol. The van der Waals surface area contributed by atoms with Crippen LogP contribution >= 0.6 is 0 Å². The molecule has 1 atom stereocenters. The Morgan fingerprint density at radius 2 is 2.22 bits per heavy atom. The molecular formula is C5H7F2NO. The number of primary amides is 1. The summed E-state index contributed by atoms with van der Waals surface area (Å²) in [5, 5.41) is 0. The lowest BCUT2D eigenvalue weighted by molar-refractivity contribution is -0.118. The van der Waals surface area contributed by atoms with Crippen molar-refractivity contribution in [2.45, 2.75) is 18.8 Å². The van der Waals surface area contributed by atoms with E-state index in [1.54, 1.807) is 0 Å². The molecule has 1 unspecified atom stereocenters. The van der Waals surface area contributed by atoms with E-state index in [-0.39, 0.29) is 12.8 Å². The summed E-state index contributed by atoms with van der Waals surface area (Å²) >= 11 is 0. The fourth-order valence-corrected chi connectivity index (χ4v) is 0.734. The normalized spacial score (nSPS) is 29.8. The number of nitrogens with two attached hydrogens (primary N) is 1. The third-order valence-corrected chi connectivity index (χ3v) is 1.40. The zero-order chi connectivity index (χ0) is 7.07. The van der Waals surface area contributed by atoms with Gasteiger partial charge in [-0.15, -0.1) is 0 Å². The lowest BCUT2D eigenvalue weighted by Gasteiger charge is -1.90. The Bertz CT molecular complexity index is 146. The summed E-state index contributed by atoms with van der Waals surface area (Å²) < 4.78 is 23.9. The van der Waals surface area contributed by atoms with Crippen molar-refractivity contribution in [1.82, 2.24) is 0 Å². The molecule has 0 aromatic heterocycles. The Labute approximate surface area is 51.0 Å². The Kier molecular flexibility index (Phi) is 1.18. The van der Waals surface area contributed by atoms with Gasteiger partial charge in [0.25, 0.3) is 5.92 Å². The van der Waals surface area contributed by atoms with Crippen molar-refractivity contribution in [3.8, 4) is 0 Å². The van der Waals surface area contributed by atoms with Gasteiger partial charge in [0, 0.05) is 18.8 Å². The summed E-state index contributed by atoms with van der Waals surface area (Å²) in [7, 11) is 0. The molecule has 1 amide bonds. The van der Waals surface area contributed by atoms with Crippen molar-refractivity contribution < 1.29 is 13.6 Å². The number of rotatable bonds is 2. The van der Waals surface area contributed by atoms with Gasteiger partial charge in [0.05, 0.1) is 0 Å². The zero-order valence-electron chi connectivity index (χ0n) is 4.73. The highest BCUT2D eigenvalue weighted by Crippen LogP contribution is 2.50. The quantitative estimate of drug-likeness (QED) is 0.589. The summed E-state index contributed by atoms with van der Waals surface area (Å²) in [6.07, 6.45) is -0.344. The van der Waals surface area contributed by atoms with Crippen molar-refractivity contribution >= 4 is 5.91 Å². The molecule has 2 N–H and O–H groups in total. The molecule has 1 rings (SSSR count). The van der Waals surface area contributed by atoms with Crippen molar-refractivity contribution in [2.24, 2.45) is 11.7 Å².